The van der Waals surface area contributed by atoms with E-state index in [1.807, 2.05) is 20.2 Å². The van der Waals surface area contributed by atoms with Gasteiger partial charge in [0, 0.05) is 31.7 Å². The van der Waals surface area contributed by atoms with Crippen LogP contribution in [-0.4, -0.2) is 56.3 Å². The molecular weight excluding hydrogens is 292 g/mol. The summed E-state index contributed by atoms with van der Waals surface area (Å²) in [6, 6.07) is 1.82. The zero-order chi connectivity index (χ0) is 16.2. The molecule has 0 N–H and O–H groups in total. The van der Waals surface area contributed by atoms with E-state index < -0.39 is 0 Å². The lowest BCUT2D eigenvalue weighted by Crippen LogP contribution is -2.32. The molecule has 23 heavy (non-hydrogen) atoms. The van der Waals surface area contributed by atoms with Gasteiger partial charge in [-0.05, 0) is 33.0 Å². The Morgan fingerprint density at radius 1 is 1.30 bits per heavy atom. The van der Waals surface area contributed by atoms with Gasteiger partial charge in [0.25, 0.3) is 5.91 Å². The zero-order valence-electron chi connectivity index (χ0n) is 13.4. The molecule has 0 unspecified atom stereocenters. The maximum Gasteiger partial charge on any atom is 0.274 e. The summed E-state index contributed by atoms with van der Waals surface area (Å²) < 4.78 is 0. The number of hydrogen-bond acceptors (Lipinski definition) is 6. The molecule has 0 aliphatic carbocycles. The number of nitrogens with zero attached hydrogens (tertiary/aromatic N) is 6. The van der Waals surface area contributed by atoms with E-state index in [0.29, 0.717) is 18.1 Å². The van der Waals surface area contributed by atoms with Gasteiger partial charge in [0.05, 0.1) is 17.9 Å². The second kappa shape index (κ2) is 6.78. The number of hydrogen-bond donors (Lipinski definition) is 0. The van der Waals surface area contributed by atoms with E-state index in [2.05, 4.69) is 24.8 Å². The van der Waals surface area contributed by atoms with Gasteiger partial charge in [-0.3, -0.25) is 9.78 Å². The Labute approximate surface area is 135 Å². The minimum Gasteiger partial charge on any atom is -0.327 e. The molecule has 1 amide bonds. The van der Waals surface area contributed by atoms with Crippen LogP contribution in [0.3, 0.4) is 0 Å². The first kappa shape index (κ1) is 15.5. The van der Waals surface area contributed by atoms with Gasteiger partial charge in [0.2, 0.25) is 0 Å². The van der Waals surface area contributed by atoms with Gasteiger partial charge in [-0.25, -0.2) is 15.0 Å². The first-order chi connectivity index (χ1) is 11.1. The monoisotopic (exact) mass is 312 g/mol. The number of rotatable bonds is 4. The van der Waals surface area contributed by atoms with E-state index in [1.165, 1.54) is 12.4 Å². The Kier molecular flexibility index (Phi) is 4.57. The van der Waals surface area contributed by atoms with Gasteiger partial charge in [-0.15, -0.1) is 0 Å². The largest absolute Gasteiger partial charge is 0.327 e. The van der Waals surface area contributed by atoms with Crippen molar-refractivity contribution in [1.82, 2.24) is 29.7 Å². The SMILES string of the molecule is CN(C)Cc1ccnc([C@H]2CCCN2C(=O)c2cnccn2)n1. The van der Waals surface area contributed by atoms with Crippen molar-refractivity contribution in [2.45, 2.75) is 25.4 Å². The number of aromatic nitrogens is 4. The fraction of sp³-hybridized carbons (Fsp3) is 0.438. The second-order valence-corrected chi connectivity index (χ2v) is 5.89. The van der Waals surface area contributed by atoms with Crippen LogP contribution in [-0.2, 0) is 6.54 Å². The van der Waals surface area contributed by atoms with E-state index in [4.69, 9.17) is 0 Å². The molecule has 2 aromatic rings. The second-order valence-electron chi connectivity index (χ2n) is 5.89. The molecule has 3 rings (SSSR count). The quantitative estimate of drug-likeness (QED) is 0.847. The van der Waals surface area contributed by atoms with Crippen molar-refractivity contribution in [3.63, 3.8) is 0 Å². The summed E-state index contributed by atoms with van der Waals surface area (Å²) in [7, 11) is 4.00. The average Bonchev–Trinajstić information content (AvgIpc) is 3.04. The standard InChI is InChI=1S/C16H20N6O/c1-21(2)11-12-5-6-19-15(20-12)14-4-3-9-22(14)16(23)13-10-17-7-8-18-13/h5-8,10,14H,3-4,9,11H2,1-2H3/t14-/m1/s1. The minimum absolute atomic E-state index is 0.0911. The molecule has 2 aromatic heterocycles. The third-order valence-electron chi connectivity index (χ3n) is 3.80. The summed E-state index contributed by atoms with van der Waals surface area (Å²) in [5, 5.41) is 0. The van der Waals surface area contributed by atoms with Gasteiger partial charge in [-0.1, -0.05) is 0 Å². The highest BCUT2D eigenvalue weighted by atomic mass is 16.2. The van der Waals surface area contributed by atoms with E-state index >= 15 is 0 Å². The predicted octanol–water partition coefficient (Wildman–Crippen LogP) is 1.31. The zero-order valence-corrected chi connectivity index (χ0v) is 13.4. The van der Waals surface area contributed by atoms with Crippen LogP contribution in [0.1, 0.15) is 40.9 Å². The van der Waals surface area contributed by atoms with Crippen LogP contribution < -0.4 is 0 Å². The molecule has 1 aliphatic heterocycles. The van der Waals surface area contributed by atoms with E-state index in [1.54, 1.807) is 17.3 Å². The topological polar surface area (TPSA) is 75.1 Å². The average molecular weight is 312 g/mol. The smallest absolute Gasteiger partial charge is 0.274 e. The molecule has 0 radical (unpaired) electrons. The van der Waals surface area contributed by atoms with Crippen molar-refractivity contribution in [3.05, 3.63) is 48.1 Å². The van der Waals surface area contributed by atoms with Crippen LogP contribution in [0.25, 0.3) is 0 Å². The molecule has 0 bridgehead atoms. The first-order valence-corrected chi connectivity index (χ1v) is 7.68. The van der Waals surface area contributed by atoms with Crippen molar-refractivity contribution < 1.29 is 4.79 Å². The van der Waals surface area contributed by atoms with E-state index in [0.717, 1.165) is 25.1 Å². The normalized spacial score (nSPS) is 17.7. The Bertz CT molecular complexity index is 675. The van der Waals surface area contributed by atoms with Gasteiger partial charge < -0.3 is 9.80 Å². The highest BCUT2D eigenvalue weighted by molar-refractivity contribution is 5.92. The maximum atomic E-state index is 12.7. The van der Waals surface area contributed by atoms with Crippen LogP contribution >= 0.6 is 0 Å². The van der Waals surface area contributed by atoms with Crippen LogP contribution in [0.5, 0.6) is 0 Å². The number of carbonyl (C=O) groups is 1. The van der Waals surface area contributed by atoms with Gasteiger partial charge in [0.1, 0.15) is 5.69 Å². The Hall–Kier alpha value is -2.41. The number of carbonyl (C=O) groups excluding carboxylic acids is 1. The van der Waals surface area contributed by atoms with Crippen molar-refractivity contribution in [2.75, 3.05) is 20.6 Å². The predicted molar refractivity (Wildman–Crippen MR) is 84.5 cm³/mol. The van der Waals surface area contributed by atoms with Gasteiger partial charge >= 0.3 is 0 Å². The van der Waals surface area contributed by atoms with Crippen molar-refractivity contribution in [3.8, 4) is 0 Å². The number of likely N-dealkylation sites (tertiary alicyclic amines) is 1. The lowest BCUT2D eigenvalue weighted by atomic mass is 10.2. The van der Waals surface area contributed by atoms with Crippen molar-refractivity contribution in [2.24, 2.45) is 0 Å². The highest BCUT2D eigenvalue weighted by Crippen LogP contribution is 2.30. The summed E-state index contributed by atoms with van der Waals surface area (Å²) in [6.45, 7) is 1.45. The minimum atomic E-state index is -0.109. The molecule has 120 valence electrons. The van der Waals surface area contributed by atoms with Crippen LogP contribution in [0.2, 0.25) is 0 Å². The van der Waals surface area contributed by atoms with Crippen LogP contribution in [0, 0.1) is 0 Å². The lowest BCUT2D eigenvalue weighted by Gasteiger charge is -2.23. The molecule has 0 aromatic carbocycles. The fourth-order valence-electron chi connectivity index (χ4n) is 2.82. The molecular formula is C16H20N6O. The number of amides is 1. The van der Waals surface area contributed by atoms with Crippen molar-refractivity contribution >= 4 is 5.91 Å². The Balaban J connectivity index is 1.83. The molecule has 1 saturated heterocycles. The molecule has 1 fully saturated rings. The summed E-state index contributed by atoms with van der Waals surface area (Å²) in [5.41, 5.74) is 1.32. The molecule has 0 saturated carbocycles. The fourth-order valence-corrected chi connectivity index (χ4v) is 2.82. The third kappa shape index (κ3) is 3.50. The van der Waals surface area contributed by atoms with Gasteiger partial charge in [-0.2, -0.15) is 0 Å². The summed E-state index contributed by atoms with van der Waals surface area (Å²) in [6.07, 6.45) is 8.18. The van der Waals surface area contributed by atoms with E-state index in [-0.39, 0.29) is 11.9 Å². The van der Waals surface area contributed by atoms with Crippen molar-refractivity contribution in [1.29, 1.82) is 0 Å². The first-order valence-electron chi connectivity index (χ1n) is 7.68. The molecule has 3 heterocycles. The third-order valence-corrected chi connectivity index (χ3v) is 3.80. The molecule has 7 heteroatoms. The molecule has 0 spiro atoms. The molecule has 7 nitrogen and oxygen atoms in total. The van der Waals surface area contributed by atoms with Crippen LogP contribution in [0.4, 0.5) is 0 Å². The molecule has 1 aliphatic rings. The summed E-state index contributed by atoms with van der Waals surface area (Å²) in [5.74, 6) is 0.598. The Morgan fingerprint density at radius 3 is 2.91 bits per heavy atom. The lowest BCUT2D eigenvalue weighted by molar-refractivity contribution is 0.0723. The summed E-state index contributed by atoms with van der Waals surface area (Å²) in [4.78, 5) is 33.6. The molecule has 1 atom stereocenters. The highest BCUT2D eigenvalue weighted by Gasteiger charge is 2.33. The Morgan fingerprint density at radius 2 is 2.17 bits per heavy atom. The van der Waals surface area contributed by atoms with Crippen LogP contribution in [0.15, 0.2) is 30.9 Å². The van der Waals surface area contributed by atoms with Gasteiger partial charge in [0.15, 0.2) is 5.82 Å². The maximum absolute atomic E-state index is 12.7. The summed E-state index contributed by atoms with van der Waals surface area (Å²) >= 11 is 0. The van der Waals surface area contributed by atoms with E-state index in [9.17, 15) is 4.79 Å².